The molecule has 0 radical (unpaired) electrons. The van der Waals surface area contributed by atoms with Crippen molar-refractivity contribution in [2.45, 2.75) is 50.5 Å². The lowest BCUT2D eigenvalue weighted by molar-refractivity contribution is 0.0697. The normalized spacial score (nSPS) is 18.6. The van der Waals surface area contributed by atoms with Gasteiger partial charge in [-0.15, -0.1) is 0 Å². The number of aromatic nitrogens is 1. The van der Waals surface area contributed by atoms with Crippen molar-refractivity contribution in [2.75, 3.05) is 0 Å². The minimum Gasteiger partial charge on any atom is -0.489 e. The lowest BCUT2D eigenvalue weighted by atomic mass is 9.99. The highest BCUT2D eigenvalue weighted by Gasteiger charge is 2.40. The molecule has 2 aliphatic rings. The quantitative estimate of drug-likeness (QED) is 0.246. The van der Waals surface area contributed by atoms with E-state index in [4.69, 9.17) is 37.6 Å². The summed E-state index contributed by atoms with van der Waals surface area (Å²) in [5.74, 6) is 1.94. The van der Waals surface area contributed by atoms with Gasteiger partial charge in [0, 0.05) is 11.5 Å². The maximum atomic E-state index is 11.1. The van der Waals surface area contributed by atoms with Crippen molar-refractivity contribution in [3.63, 3.8) is 0 Å². The first kappa shape index (κ1) is 24.1. The second-order valence-electron chi connectivity index (χ2n) is 9.93. The molecular formula is C30H25Cl2NO4. The Balaban J connectivity index is 1.19. The van der Waals surface area contributed by atoms with Crippen LogP contribution in [0.4, 0.5) is 0 Å². The van der Waals surface area contributed by atoms with Gasteiger partial charge in [-0.3, -0.25) is 0 Å². The third-order valence-electron chi connectivity index (χ3n) is 7.37. The van der Waals surface area contributed by atoms with Crippen molar-refractivity contribution in [2.24, 2.45) is 0 Å². The van der Waals surface area contributed by atoms with Crippen LogP contribution < -0.4 is 4.74 Å². The SMILES string of the molecule is Cc1cc(OCc2c(-c3c(Cl)cccc3Cl)noc2C2CC2)ccc1C1CC1c1ccc(C(=O)O)cc1. The number of hydrogen-bond donors (Lipinski definition) is 1. The van der Waals surface area contributed by atoms with E-state index in [2.05, 4.69) is 24.2 Å². The summed E-state index contributed by atoms with van der Waals surface area (Å²) in [4.78, 5) is 11.1. The Labute approximate surface area is 225 Å². The van der Waals surface area contributed by atoms with Crippen molar-refractivity contribution in [3.8, 4) is 17.0 Å². The lowest BCUT2D eigenvalue weighted by Gasteiger charge is -2.12. The number of rotatable bonds is 8. The molecule has 0 amide bonds. The Hall–Kier alpha value is -3.28. The largest absolute Gasteiger partial charge is 0.489 e. The third kappa shape index (κ3) is 4.74. The number of halogens is 2. The fraction of sp³-hybridized carbons (Fsp3) is 0.267. The smallest absolute Gasteiger partial charge is 0.335 e. The molecule has 1 N–H and O–H groups in total. The number of aromatic carboxylic acids is 1. The van der Waals surface area contributed by atoms with Crippen LogP contribution in [0.2, 0.25) is 10.0 Å². The standard InChI is InChI=1S/C30H25Cl2NO4/c1-16-13-20(11-12-21(16)23-14-22(23)17-5-9-19(10-6-17)30(34)35)36-15-24-28(33-37-29(24)18-7-8-18)27-25(31)3-2-4-26(27)32/h2-6,9-13,18,22-23H,7-8,14-15H2,1H3,(H,34,35). The van der Waals surface area contributed by atoms with Gasteiger partial charge < -0.3 is 14.4 Å². The van der Waals surface area contributed by atoms with Gasteiger partial charge in [-0.05, 0) is 91.1 Å². The molecule has 2 aliphatic carbocycles. The molecule has 188 valence electrons. The maximum Gasteiger partial charge on any atom is 0.335 e. The molecule has 1 aromatic heterocycles. The first-order valence-electron chi connectivity index (χ1n) is 12.4. The molecule has 0 bridgehead atoms. The van der Waals surface area contributed by atoms with Crippen LogP contribution in [0.1, 0.15) is 75.4 Å². The third-order valence-corrected chi connectivity index (χ3v) is 8.00. The average molecular weight is 534 g/mol. The van der Waals surface area contributed by atoms with Crippen LogP contribution in [0.3, 0.4) is 0 Å². The zero-order valence-corrected chi connectivity index (χ0v) is 21.7. The summed E-state index contributed by atoms with van der Waals surface area (Å²) in [7, 11) is 0. The van der Waals surface area contributed by atoms with Crippen molar-refractivity contribution < 1.29 is 19.2 Å². The van der Waals surface area contributed by atoms with Crippen LogP contribution in [-0.2, 0) is 6.61 Å². The van der Waals surface area contributed by atoms with Crippen LogP contribution in [0.25, 0.3) is 11.3 Å². The molecule has 2 fully saturated rings. The van der Waals surface area contributed by atoms with E-state index >= 15 is 0 Å². The molecular weight excluding hydrogens is 509 g/mol. The van der Waals surface area contributed by atoms with Crippen LogP contribution >= 0.6 is 23.2 Å². The molecule has 1 heterocycles. The van der Waals surface area contributed by atoms with E-state index in [0.29, 0.717) is 51.2 Å². The molecule has 4 aromatic rings. The zero-order chi connectivity index (χ0) is 25.7. The number of nitrogens with zero attached hydrogens (tertiary/aromatic N) is 1. The van der Waals surface area contributed by atoms with E-state index in [1.807, 2.05) is 24.3 Å². The zero-order valence-electron chi connectivity index (χ0n) is 20.2. The van der Waals surface area contributed by atoms with Crippen LogP contribution in [0, 0.1) is 6.92 Å². The molecule has 0 saturated heterocycles. The number of hydrogen-bond acceptors (Lipinski definition) is 4. The van der Waals surface area contributed by atoms with Crippen LogP contribution in [0.5, 0.6) is 5.75 Å². The van der Waals surface area contributed by atoms with Gasteiger partial charge in [-0.2, -0.15) is 0 Å². The summed E-state index contributed by atoms with van der Waals surface area (Å²) in [5, 5.41) is 14.5. The van der Waals surface area contributed by atoms with Crippen molar-refractivity contribution in [1.82, 2.24) is 5.16 Å². The molecule has 2 unspecified atom stereocenters. The Morgan fingerprint density at radius 1 is 1.05 bits per heavy atom. The molecule has 7 heteroatoms. The number of carboxylic acids is 1. The van der Waals surface area contributed by atoms with Crippen molar-refractivity contribution >= 4 is 29.2 Å². The summed E-state index contributed by atoms with van der Waals surface area (Å²) in [6.45, 7) is 2.42. The van der Waals surface area contributed by atoms with Crippen molar-refractivity contribution in [3.05, 3.63) is 104 Å². The highest BCUT2D eigenvalue weighted by Crippen LogP contribution is 2.55. The number of ether oxygens (including phenoxy) is 1. The monoisotopic (exact) mass is 533 g/mol. The van der Waals surface area contributed by atoms with Gasteiger partial charge in [0.2, 0.25) is 0 Å². The molecule has 0 spiro atoms. The maximum absolute atomic E-state index is 11.1. The van der Waals surface area contributed by atoms with Crippen molar-refractivity contribution in [1.29, 1.82) is 0 Å². The van der Waals surface area contributed by atoms with E-state index in [0.717, 1.165) is 36.3 Å². The molecule has 6 rings (SSSR count). The number of benzene rings is 3. The number of carboxylic acid groups (broad SMARTS) is 1. The van der Waals surface area contributed by atoms with Gasteiger partial charge in [0.25, 0.3) is 0 Å². The summed E-state index contributed by atoms with van der Waals surface area (Å²) >= 11 is 13.0. The summed E-state index contributed by atoms with van der Waals surface area (Å²) in [6, 6.07) is 18.9. The second-order valence-corrected chi connectivity index (χ2v) is 10.7. The first-order valence-corrected chi connectivity index (χ1v) is 13.2. The van der Waals surface area contributed by atoms with E-state index in [-0.39, 0.29) is 0 Å². The van der Waals surface area contributed by atoms with E-state index in [9.17, 15) is 4.79 Å². The molecule has 5 nitrogen and oxygen atoms in total. The summed E-state index contributed by atoms with van der Waals surface area (Å²) < 4.78 is 12.0. The van der Waals surface area contributed by atoms with Crippen LogP contribution in [0.15, 0.2) is 65.2 Å². The minimum atomic E-state index is -0.900. The molecule has 3 aromatic carbocycles. The predicted molar refractivity (Wildman–Crippen MR) is 143 cm³/mol. The Kier molecular flexibility index (Phi) is 6.21. The van der Waals surface area contributed by atoms with Gasteiger partial charge in [-0.1, -0.05) is 52.6 Å². The fourth-order valence-electron chi connectivity index (χ4n) is 5.14. The lowest BCUT2D eigenvalue weighted by Crippen LogP contribution is -2.01. The Morgan fingerprint density at radius 3 is 2.43 bits per heavy atom. The second kappa shape index (κ2) is 9.55. The minimum absolute atomic E-state index is 0.312. The topological polar surface area (TPSA) is 72.6 Å². The summed E-state index contributed by atoms with van der Waals surface area (Å²) in [6.07, 6.45) is 3.21. The Morgan fingerprint density at radius 2 is 1.78 bits per heavy atom. The molecule has 2 saturated carbocycles. The van der Waals surface area contributed by atoms with Gasteiger partial charge in [0.1, 0.15) is 23.8 Å². The Bertz CT molecular complexity index is 1470. The van der Waals surface area contributed by atoms with Crippen LogP contribution in [-0.4, -0.2) is 16.2 Å². The van der Waals surface area contributed by atoms with Gasteiger partial charge >= 0.3 is 5.97 Å². The highest BCUT2D eigenvalue weighted by atomic mass is 35.5. The average Bonchev–Trinajstić information content (AvgIpc) is 3.81. The highest BCUT2D eigenvalue weighted by molar-refractivity contribution is 6.39. The number of carbonyl (C=O) groups is 1. The van der Waals surface area contributed by atoms with E-state index in [1.54, 1.807) is 24.3 Å². The predicted octanol–water partition coefficient (Wildman–Crippen LogP) is 8.38. The number of aryl methyl sites for hydroxylation is 1. The molecule has 37 heavy (non-hydrogen) atoms. The first-order chi connectivity index (χ1) is 17.9. The molecule has 0 aliphatic heterocycles. The van der Waals surface area contributed by atoms with Gasteiger partial charge in [0.05, 0.1) is 21.2 Å². The fourth-order valence-corrected chi connectivity index (χ4v) is 5.71. The van der Waals surface area contributed by atoms with E-state index in [1.165, 1.54) is 16.7 Å². The summed E-state index contributed by atoms with van der Waals surface area (Å²) in [5.41, 5.74) is 6.17. The molecule has 2 atom stereocenters. The van der Waals surface area contributed by atoms with E-state index < -0.39 is 5.97 Å². The van der Waals surface area contributed by atoms with Gasteiger partial charge in [0.15, 0.2) is 0 Å². The van der Waals surface area contributed by atoms with Gasteiger partial charge in [-0.25, -0.2) is 4.79 Å².